The summed E-state index contributed by atoms with van der Waals surface area (Å²) in [6, 6.07) is 0.974. The smallest absolute Gasteiger partial charge is 0.246 e. The van der Waals surface area contributed by atoms with Gasteiger partial charge in [-0.25, -0.2) is 0 Å². The molecule has 2 aliphatic rings. The van der Waals surface area contributed by atoms with E-state index in [1.54, 1.807) is 0 Å². The summed E-state index contributed by atoms with van der Waals surface area (Å²) in [7, 11) is 0. The lowest BCUT2D eigenvalue weighted by atomic mass is 10.0. The number of carbonyl (C=O) groups is 1. The second kappa shape index (κ2) is 9.35. The minimum absolute atomic E-state index is 0.0634. The van der Waals surface area contributed by atoms with E-state index < -0.39 is 0 Å². The minimum Gasteiger partial charge on any atom is -0.372 e. The normalized spacial score (nSPS) is 25.1. The van der Waals surface area contributed by atoms with E-state index in [1.807, 2.05) is 0 Å². The molecule has 0 bridgehead atoms. The topological polar surface area (TPSA) is 50.4 Å². The van der Waals surface area contributed by atoms with Crippen LogP contribution in [0.1, 0.15) is 64.2 Å². The molecule has 1 amide bonds. The Balaban J connectivity index is 1.50. The standard InChI is InChI=1S/C16H30N2O2/c19-16(18-15-8-3-1-2-4-9-15)13-20-12-10-14-7-5-6-11-17-14/h14-15,17H,1-13H2,(H,18,19). The molecular weight excluding hydrogens is 252 g/mol. The highest BCUT2D eigenvalue weighted by molar-refractivity contribution is 5.77. The maximum atomic E-state index is 11.8. The minimum atomic E-state index is 0.0634. The average molecular weight is 282 g/mol. The number of piperidine rings is 1. The van der Waals surface area contributed by atoms with Gasteiger partial charge in [0.1, 0.15) is 6.61 Å². The summed E-state index contributed by atoms with van der Waals surface area (Å²) in [5, 5.41) is 6.62. The molecule has 1 saturated heterocycles. The predicted molar refractivity (Wildman–Crippen MR) is 80.7 cm³/mol. The van der Waals surface area contributed by atoms with Gasteiger partial charge >= 0.3 is 0 Å². The van der Waals surface area contributed by atoms with Crippen LogP contribution in [0.2, 0.25) is 0 Å². The maximum absolute atomic E-state index is 11.8. The van der Waals surface area contributed by atoms with Gasteiger partial charge in [-0.1, -0.05) is 32.1 Å². The third-order valence-corrected chi connectivity index (χ3v) is 4.48. The fourth-order valence-corrected chi connectivity index (χ4v) is 3.25. The van der Waals surface area contributed by atoms with Crippen molar-refractivity contribution in [2.75, 3.05) is 19.8 Å². The van der Waals surface area contributed by atoms with Crippen molar-refractivity contribution in [2.45, 2.75) is 76.3 Å². The predicted octanol–water partition coefficient (Wildman–Crippen LogP) is 2.37. The van der Waals surface area contributed by atoms with Crippen LogP contribution in [0.25, 0.3) is 0 Å². The Labute approximate surface area is 123 Å². The molecule has 0 aromatic rings. The van der Waals surface area contributed by atoms with E-state index in [9.17, 15) is 4.79 Å². The van der Waals surface area contributed by atoms with Gasteiger partial charge in [0, 0.05) is 18.7 Å². The highest BCUT2D eigenvalue weighted by Gasteiger charge is 2.15. The number of hydrogen-bond donors (Lipinski definition) is 2. The molecule has 1 aliphatic heterocycles. The Morgan fingerprint density at radius 1 is 1.05 bits per heavy atom. The number of ether oxygens (including phenoxy) is 1. The van der Waals surface area contributed by atoms with Crippen LogP contribution in [0.3, 0.4) is 0 Å². The van der Waals surface area contributed by atoms with E-state index in [0.717, 1.165) is 25.8 Å². The van der Waals surface area contributed by atoms with Gasteiger partial charge in [-0.2, -0.15) is 0 Å². The van der Waals surface area contributed by atoms with Gasteiger partial charge in [0.05, 0.1) is 0 Å². The first-order valence-corrected chi connectivity index (χ1v) is 8.45. The second-order valence-corrected chi connectivity index (χ2v) is 6.24. The van der Waals surface area contributed by atoms with Crippen LogP contribution in [0.5, 0.6) is 0 Å². The Morgan fingerprint density at radius 3 is 2.50 bits per heavy atom. The number of nitrogens with one attached hydrogen (secondary N) is 2. The third kappa shape index (κ3) is 6.23. The van der Waals surface area contributed by atoms with Crippen molar-refractivity contribution < 1.29 is 9.53 Å². The van der Waals surface area contributed by atoms with Gasteiger partial charge in [0.2, 0.25) is 5.91 Å². The van der Waals surface area contributed by atoms with Crippen molar-refractivity contribution >= 4 is 5.91 Å². The highest BCUT2D eigenvalue weighted by Crippen LogP contribution is 2.17. The zero-order valence-electron chi connectivity index (χ0n) is 12.7. The molecule has 1 aliphatic carbocycles. The molecule has 2 rings (SSSR count). The molecule has 0 radical (unpaired) electrons. The summed E-state index contributed by atoms with van der Waals surface area (Å²) in [5.41, 5.74) is 0. The first kappa shape index (κ1) is 15.8. The lowest BCUT2D eigenvalue weighted by molar-refractivity contribution is -0.126. The zero-order valence-corrected chi connectivity index (χ0v) is 12.7. The molecule has 1 atom stereocenters. The van der Waals surface area contributed by atoms with E-state index >= 15 is 0 Å². The Kier molecular flexibility index (Phi) is 7.37. The van der Waals surface area contributed by atoms with Gasteiger partial charge in [-0.3, -0.25) is 4.79 Å². The molecule has 2 N–H and O–H groups in total. The van der Waals surface area contributed by atoms with Crippen molar-refractivity contribution in [3.63, 3.8) is 0 Å². The fraction of sp³-hybridized carbons (Fsp3) is 0.938. The molecule has 1 saturated carbocycles. The summed E-state index contributed by atoms with van der Waals surface area (Å²) in [6.07, 6.45) is 12.3. The van der Waals surface area contributed by atoms with Crippen molar-refractivity contribution in [3.8, 4) is 0 Å². The molecular formula is C16H30N2O2. The quantitative estimate of drug-likeness (QED) is 0.581. The highest BCUT2D eigenvalue weighted by atomic mass is 16.5. The molecule has 0 spiro atoms. The number of rotatable bonds is 6. The second-order valence-electron chi connectivity index (χ2n) is 6.24. The fourth-order valence-electron chi connectivity index (χ4n) is 3.25. The molecule has 20 heavy (non-hydrogen) atoms. The van der Waals surface area contributed by atoms with Crippen molar-refractivity contribution in [1.82, 2.24) is 10.6 Å². The van der Waals surface area contributed by atoms with Crippen LogP contribution in [-0.2, 0) is 9.53 Å². The summed E-state index contributed by atoms with van der Waals surface area (Å²) >= 11 is 0. The summed E-state index contributed by atoms with van der Waals surface area (Å²) in [4.78, 5) is 11.8. The SMILES string of the molecule is O=C(COCCC1CCCCN1)NC1CCCCCC1. The van der Waals surface area contributed by atoms with Crippen LogP contribution >= 0.6 is 0 Å². The number of hydrogen-bond acceptors (Lipinski definition) is 3. The maximum Gasteiger partial charge on any atom is 0.246 e. The first-order valence-electron chi connectivity index (χ1n) is 8.45. The molecule has 4 heteroatoms. The van der Waals surface area contributed by atoms with Gasteiger partial charge in [0.15, 0.2) is 0 Å². The van der Waals surface area contributed by atoms with Crippen molar-refractivity contribution in [1.29, 1.82) is 0 Å². The summed E-state index contributed by atoms with van der Waals surface area (Å²) in [6.45, 7) is 2.05. The molecule has 1 unspecified atom stereocenters. The van der Waals surface area contributed by atoms with Gasteiger partial charge < -0.3 is 15.4 Å². The largest absolute Gasteiger partial charge is 0.372 e. The third-order valence-electron chi connectivity index (χ3n) is 4.48. The lowest BCUT2D eigenvalue weighted by Gasteiger charge is -2.23. The molecule has 0 aromatic carbocycles. The van der Waals surface area contributed by atoms with Crippen LogP contribution < -0.4 is 10.6 Å². The summed E-state index contributed by atoms with van der Waals surface area (Å²) < 4.78 is 5.52. The van der Waals surface area contributed by atoms with E-state index in [-0.39, 0.29) is 12.5 Å². The van der Waals surface area contributed by atoms with E-state index in [1.165, 1.54) is 44.9 Å². The summed E-state index contributed by atoms with van der Waals surface area (Å²) in [5.74, 6) is 0.0634. The molecule has 2 fully saturated rings. The van der Waals surface area contributed by atoms with Crippen LogP contribution in [0.4, 0.5) is 0 Å². The van der Waals surface area contributed by atoms with Crippen LogP contribution in [0, 0.1) is 0 Å². The zero-order chi connectivity index (χ0) is 14.0. The van der Waals surface area contributed by atoms with Crippen LogP contribution in [-0.4, -0.2) is 37.7 Å². The average Bonchev–Trinajstić information content (AvgIpc) is 2.73. The number of carbonyl (C=O) groups excluding carboxylic acids is 1. The molecule has 116 valence electrons. The Bertz CT molecular complexity index is 270. The monoisotopic (exact) mass is 282 g/mol. The Morgan fingerprint density at radius 2 is 1.80 bits per heavy atom. The van der Waals surface area contributed by atoms with E-state index in [2.05, 4.69) is 10.6 Å². The van der Waals surface area contributed by atoms with E-state index in [0.29, 0.717) is 18.7 Å². The molecule has 0 aromatic heterocycles. The molecule has 4 nitrogen and oxygen atoms in total. The number of amides is 1. The first-order chi connectivity index (χ1) is 9.84. The van der Waals surface area contributed by atoms with Crippen molar-refractivity contribution in [2.24, 2.45) is 0 Å². The van der Waals surface area contributed by atoms with Crippen LogP contribution in [0.15, 0.2) is 0 Å². The van der Waals surface area contributed by atoms with Gasteiger partial charge in [-0.15, -0.1) is 0 Å². The van der Waals surface area contributed by atoms with Gasteiger partial charge in [-0.05, 0) is 38.6 Å². The van der Waals surface area contributed by atoms with Crippen molar-refractivity contribution in [3.05, 3.63) is 0 Å². The molecule has 1 heterocycles. The lowest BCUT2D eigenvalue weighted by Crippen LogP contribution is -2.38. The van der Waals surface area contributed by atoms with E-state index in [4.69, 9.17) is 4.74 Å². The Hall–Kier alpha value is -0.610. The van der Waals surface area contributed by atoms with Gasteiger partial charge in [0.25, 0.3) is 0 Å².